The molecule has 1 aromatic heterocycles. The van der Waals surface area contributed by atoms with Crippen molar-refractivity contribution in [2.24, 2.45) is 0 Å². The molecule has 1 unspecified atom stereocenters. The molecule has 9 heteroatoms. The Morgan fingerprint density at radius 3 is 2.62 bits per heavy atom. The summed E-state index contributed by atoms with van der Waals surface area (Å²) in [7, 11) is 1.52. The van der Waals surface area contributed by atoms with Crippen LogP contribution in [0, 0.1) is 0 Å². The highest BCUT2D eigenvalue weighted by molar-refractivity contribution is 5.90. The van der Waals surface area contributed by atoms with Gasteiger partial charge in [-0.1, -0.05) is 35.5 Å². The van der Waals surface area contributed by atoms with Gasteiger partial charge in [-0.25, -0.2) is 9.59 Å². The highest BCUT2D eigenvalue weighted by Crippen LogP contribution is 2.26. The largest absolute Gasteiger partial charge is 0.442 e. The third-order valence-electron chi connectivity index (χ3n) is 4.48. The van der Waals surface area contributed by atoms with Crippen molar-refractivity contribution < 1.29 is 18.8 Å². The Morgan fingerprint density at radius 2 is 1.90 bits per heavy atom. The number of anilines is 1. The van der Waals surface area contributed by atoms with E-state index in [1.165, 1.54) is 11.9 Å². The van der Waals surface area contributed by atoms with Crippen molar-refractivity contribution in [3.63, 3.8) is 0 Å². The van der Waals surface area contributed by atoms with Gasteiger partial charge in [0.15, 0.2) is 0 Å². The summed E-state index contributed by atoms with van der Waals surface area (Å²) in [5.74, 6) is 0.909. The van der Waals surface area contributed by atoms with E-state index in [4.69, 9.17) is 9.26 Å². The minimum absolute atomic E-state index is 0.240. The highest BCUT2D eigenvalue weighted by atomic mass is 16.6. The predicted octanol–water partition coefficient (Wildman–Crippen LogP) is 2.66. The molecule has 4 rings (SSSR count). The van der Waals surface area contributed by atoms with Crippen molar-refractivity contribution in [3.8, 4) is 22.8 Å². The molecule has 0 aliphatic carbocycles. The van der Waals surface area contributed by atoms with E-state index in [2.05, 4.69) is 20.8 Å². The molecular weight excluding hydrogens is 374 g/mol. The van der Waals surface area contributed by atoms with Gasteiger partial charge < -0.3 is 19.9 Å². The summed E-state index contributed by atoms with van der Waals surface area (Å²) in [5.41, 5.74) is 2.30. The second-order valence-electron chi connectivity index (χ2n) is 6.41. The number of aromatic nitrogens is 2. The first-order valence-corrected chi connectivity index (χ1v) is 9.07. The molecule has 0 saturated carbocycles. The van der Waals surface area contributed by atoms with E-state index in [0.717, 1.165) is 11.1 Å². The average Bonchev–Trinajstić information content (AvgIpc) is 3.40. The lowest BCUT2D eigenvalue weighted by Gasteiger charge is -2.13. The monoisotopic (exact) mass is 393 g/mol. The number of urea groups is 1. The van der Waals surface area contributed by atoms with E-state index in [0.29, 0.717) is 23.9 Å². The summed E-state index contributed by atoms with van der Waals surface area (Å²) in [6.07, 6.45) is -0.866. The minimum atomic E-state index is -0.453. The SMILES string of the molecule is CNC(=O)NCC1CN(c2ccc(-c3nc(-c4ccccc4)no3)cc2)C(=O)O1. The van der Waals surface area contributed by atoms with Crippen LogP contribution in [-0.4, -0.2) is 48.5 Å². The first-order valence-electron chi connectivity index (χ1n) is 9.07. The fourth-order valence-electron chi connectivity index (χ4n) is 2.96. The summed E-state index contributed by atoms with van der Waals surface area (Å²) >= 11 is 0. The first kappa shape index (κ1) is 18.5. The van der Waals surface area contributed by atoms with Crippen LogP contribution < -0.4 is 15.5 Å². The molecule has 29 heavy (non-hydrogen) atoms. The quantitative estimate of drug-likeness (QED) is 0.690. The molecule has 3 amide bonds. The third kappa shape index (κ3) is 4.03. The molecule has 0 bridgehead atoms. The molecule has 2 N–H and O–H groups in total. The van der Waals surface area contributed by atoms with Crippen LogP contribution in [0.1, 0.15) is 0 Å². The molecule has 148 valence electrons. The predicted molar refractivity (Wildman–Crippen MR) is 105 cm³/mol. The smallest absolute Gasteiger partial charge is 0.414 e. The van der Waals surface area contributed by atoms with E-state index in [-0.39, 0.29) is 12.6 Å². The number of cyclic esters (lactones) is 1. The molecule has 1 atom stereocenters. The normalized spacial score (nSPS) is 15.8. The van der Waals surface area contributed by atoms with Crippen molar-refractivity contribution >= 4 is 17.8 Å². The van der Waals surface area contributed by atoms with Gasteiger partial charge in [0.1, 0.15) is 6.10 Å². The van der Waals surface area contributed by atoms with Crippen molar-refractivity contribution in [1.29, 1.82) is 0 Å². The number of hydrogen-bond acceptors (Lipinski definition) is 6. The number of carbonyl (C=O) groups excluding carboxylic acids is 2. The molecule has 0 radical (unpaired) electrons. The topological polar surface area (TPSA) is 110 Å². The van der Waals surface area contributed by atoms with Gasteiger partial charge in [0.25, 0.3) is 5.89 Å². The number of ether oxygens (including phenoxy) is 1. The van der Waals surface area contributed by atoms with Crippen LogP contribution in [0.15, 0.2) is 59.1 Å². The summed E-state index contributed by atoms with van der Waals surface area (Å²) in [6.45, 7) is 0.588. The number of amides is 3. The van der Waals surface area contributed by atoms with Gasteiger partial charge in [0.05, 0.1) is 13.1 Å². The van der Waals surface area contributed by atoms with Gasteiger partial charge in [-0.2, -0.15) is 4.98 Å². The number of nitrogens with zero attached hydrogens (tertiary/aromatic N) is 3. The Morgan fingerprint density at radius 1 is 1.14 bits per heavy atom. The third-order valence-corrected chi connectivity index (χ3v) is 4.48. The van der Waals surface area contributed by atoms with Gasteiger partial charge in [-0.15, -0.1) is 0 Å². The van der Waals surface area contributed by atoms with Gasteiger partial charge >= 0.3 is 12.1 Å². The zero-order valence-corrected chi connectivity index (χ0v) is 15.7. The van der Waals surface area contributed by atoms with Crippen LogP contribution >= 0.6 is 0 Å². The standard InChI is InChI=1S/C20H19N5O4/c1-21-19(26)22-11-16-12-25(20(27)28-16)15-9-7-14(8-10-15)18-23-17(24-29-18)13-5-3-2-4-6-13/h2-10,16H,11-12H2,1H3,(H2,21,22,26). The number of benzene rings is 2. The lowest BCUT2D eigenvalue weighted by Crippen LogP contribution is -2.39. The number of rotatable bonds is 5. The van der Waals surface area contributed by atoms with Gasteiger partial charge in [0, 0.05) is 23.9 Å². The van der Waals surface area contributed by atoms with Crippen molar-refractivity contribution in [3.05, 3.63) is 54.6 Å². The first-order chi connectivity index (χ1) is 14.1. The van der Waals surface area contributed by atoms with Crippen LogP contribution in [0.25, 0.3) is 22.8 Å². The molecule has 2 aromatic carbocycles. The van der Waals surface area contributed by atoms with Crippen molar-refractivity contribution in [2.45, 2.75) is 6.10 Å². The Bertz CT molecular complexity index is 1000. The fraction of sp³-hybridized carbons (Fsp3) is 0.200. The van der Waals surface area contributed by atoms with Crippen molar-refractivity contribution in [1.82, 2.24) is 20.8 Å². The second-order valence-corrected chi connectivity index (χ2v) is 6.41. The molecule has 1 saturated heterocycles. The Kier molecular flexibility index (Phi) is 5.10. The maximum Gasteiger partial charge on any atom is 0.414 e. The van der Waals surface area contributed by atoms with E-state index in [1.54, 1.807) is 24.3 Å². The summed E-state index contributed by atoms with van der Waals surface area (Å²) in [5, 5.41) is 9.10. The molecule has 1 fully saturated rings. The molecule has 9 nitrogen and oxygen atoms in total. The molecule has 3 aromatic rings. The van der Waals surface area contributed by atoms with Crippen LogP contribution in [0.4, 0.5) is 15.3 Å². The van der Waals surface area contributed by atoms with E-state index >= 15 is 0 Å². The maximum absolute atomic E-state index is 12.1. The fourth-order valence-corrected chi connectivity index (χ4v) is 2.96. The van der Waals surface area contributed by atoms with Gasteiger partial charge in [0.2, 0.25) is 5.82 Å². The molecule has 0 spiro atoms. The van der Waals surface area contributed by atoms with Crippen LogP contribution in [0.5, 0.6) is 0 Å². The van der Waals surface area contributed by atoms with Crippen molar-refractivity contribution in [2.75, 3.05) is 25.0 Å². The number of nitrogens with one attached hydrogen (secondary N) is 2. The van der Waals surface area contributed by atoms with Crippen LogP contribution in [0.3, 0.4) is 0 Å². The maximum atomic E-state index is 12.1. The highest BCUT2D eigenvalue weighted by Gasteiger charge is 2.32. The van der Waals surface area contributed by atoms with Crippen LogP contribution in [0.2, 0.25) is 0 Å². The van der Waals surface area contributed by atoms with Gasteiger partial charge in [-0.05, 0) is 24.3 Å². The number of hydrogen-bond donors (Lipinski definition) is 2. The summed E-state index contributed by atoms with van der Waals surface area (Å²) in [4.78, 5) is 29.4. The van der Waals surface area contributed by atoms with Crippen LogP contribution in [-0.2, 0) is 4.74 Å². The molecular formula is C20H19N5O4. The number of carbonyl (C=O) groups is 2. The molecule has 1 aliphatic rings. The zero-order valence-electron chi connectivity index (χ0n) is 15.7. The average molecular weight is 393 g/mol. The van der Waals surface area contributed by atoms with E-state index in [1.807, 2.05) is 30.3 Å². The van der Waals surface area contributed by atoms with E-state index < -0.39 is 12.2 Å². The second kappa shape index (κ2) is 8.01. The molecule has 2 heterocycles. The Labute approximate surface area is 166 Å². The lowest BCUT2D eigenvalue weighted by atomic mass is 10.2. The Hall–Kier alpha value is -3.88. The summed E-state index contributed by atoms with van der Waals surface area (Å²) in [6, 6.07) is 16.4. The molecule has 1 aliphatic heterocycles. The summed E-state index contributed by atoms with van der Waals surface area (Å²) < 4.78 is 10.7. The zero-order chi connectivity index (χ0) is 20.2. The Balaban J connectivity index is 1.44. The lowest BCUT2D eigenvalue weighted by molar-refractivity contribution is 0.140. The minimum Gasteiger partial charge on any atom is -0.442 e. The van der Waals surface area contributed by atoms with E-state index in [9.17, 15) is 9.59 Å². The van der Waals surface area contributed by atoms with Gasteiger partial charge in [-0.3, -0.25) is 4.90 Å².